The first-order chi connectivity index (χ1) is 10.6. The second-order valence-corrected chi connectivity index (χ2v) is 6.24. The zero-order chi connectivity index (χ0) is 16.3. The molecule has 0 aliphatic rings. The van der Waals surface area contributed by atoms with Crippen molar-refractivity contribution in [2.75, 3.05) is 33.4 Å². The van der Waals surface area contributed by atoms with Crippen molar-refractivity contribution in [3.8, 4) is 0 Å². The summed E-state index contributed by atoms with van der Waals surface area (Å²) >= 11 is 1.58. The van der Waals surface area contributed by atoms with Gasteiger partial charge in [-0.3, -0.25) is 0 Å². The molecule has 0 aromatic carbocycles. The number of aliphatic hydroxyl groups is 1. The molecule has 23 heavy (non-hydrogen) atoms. The molecule has 1 aromatic heterocycles. The average Bonchev–Trinajstić information content (AvgIpc) is 3.03. The molecule has 0 aliphatic carbocycles. The molecule has 1 unspecified atom stereocenters. The van der Waals surface area contributed by atoms with Crippen LogP contribution < -0.4 is 10.6 Å². The van der Waals surface area contributed by atoms with Crippen LogP contribution in [0.4, 0.5) is 0 Å². The van der Waals surface area contributed by atoms with E-state index < -0.39 is 5.60 Å². The van der Waals surface area contributed by atoms with E-state index in [-0.39, 0.29) is 24.0 Å². The third-order valence-electron chi connectivity index (χ3n) is 3.35. The van der Waals surface area contributed by atoms with Gasteiger partial charge in [0.1, 0.15) is 5.60 Å². The molecule has 1 rings (SSSR count). The summed E-state index contributed by atoms with van der Waals surface area (Å²) in [5, 5.41) is 20.9. The van der Waals surface area contributed by atoms with Gasteiger partial charge in [-0.25, -0.2) is 4.99 Å². The number of methoxy groups -OCH3 is 1. The minimum Gasteiger partial charge on any atom is -0.385 e. The van der Waals surface area contributed by atoms with E-state index in [1.807, 2.05) is 23.8 Å². The molecule has 0 saturated heterocycles. The van der Waals surface area contributed by atoms with Crippen LogP contribution in [0.3, 0.4) is 0 Å². The van der Waals surface area contributed by atoms with Gasteiger partial charge < -0.3 is 20.5 Å². The number of nitrogens with one attached hydrogen (secondary N) is 2. The lowest BCUT2D eigenvalue weighted by Crippen LogP contribution is -2.39. The summed E-state index contributed by atoms with van der Waals surface area (Å²) < 4.78 is 5.04. The standard InChI is InChI=1S/C16H29N3O2S.HI/c1-4-17-15(18-9-6-5-7-10-21-3)19-13-16(2,20)14-8-11-22-12-14;/h8,11-12,20H,4-7,9-10,13H2,1-3H3,(H2,17,18,19);1H. The molecule has 0 spiro atoms. The van der Waals surface area contributed by atoms with Gasteiger partial charge in [-0.1, -0.05) is 0 Å². The fourth-order valence-corrected chi connectivity index (χ4v) is 2.77. The molecule has 1 atom stereocenters. The molecular weight excluding hydrogens is 425 g/mol. The summed E-state index contributed by atoms with van der Waals surface area (Å²) in [7, 11) is 1.73. The maximum Gasteiger partial charge on any atom is 0.191 e. The Morgan fingerprint density at radius 2 is 2.13 bits per heavy atom. The van der Waals surface area contributed by atoms with Gasteiger partial charge in [0.15, 0.2) is 5.96 Å². The number of hydrogen-bond donors (Lipinski definition) is 3. The summed E-state index contributed by atoms with van der Waals surface area (Å²) in [6.07, 6.45) is 3.29. The van der Waals surface area contributed by atoms with E-state index in [1.54, 1.807) is 25.4 Å². The number of rotatable bonds is 10. The molecule has 0 amide bonds. The Morgan fingerprint density at radius 1 is 1.35 bits per heavy atom. The largest absolute Gasteiger partial charge is 0.385 e. The molecule has 1 aromatic rings. The quantitative estimate of drug-likeness (QED) is 0.220. The van der Waals surface area contributed by atoms with Crippen molar-refractivity contribution in [1.82, 2.24) is 10.6 Å². The number of guanidine groups is 1. The van der Waals surface area contributed by atoms with Crippen molar-refractivity contribution >= 4 is 41.3 Å². The Kier molecular flexibility index (Phi) is 12.8. The highest BCUT2D eigenvalue weighted by molar-refractivity contribution is 14.0. The van der Waals surface area contributed by atoms with Crippen LogP contribution in [0.5, 0.6) is 0 Å². The Balaban J connectivity index is 0.00000484. The van der Waals surface area contributed by atoms with Crippen LogP contribution in [0.2, 0.25) is 0 Å². The van der Waals surface area contributed by atoms with E-state index in [1.165, 1.54) is 0 Å². The minimum atomic E-state index is -0.930. The maximum absolute atomic E-state index is 10.5. The van der Waals surface area contributed by atoms with Crippen LogP contribution in [0, 0.1) is 0 Å². The zero-order valence-electron chi connectivity index (χ0n) is 14.3. The number of halogens is 1. The van der Waals surface area contributed by atoms with Gasteiger partial charge in [-0.05, 0) is 55.5 Å². The third kappa shape index (κ3) is 9.49. The fraction of sp³-hybridized carbons (Fsp3) is 0.688. The van der Waals surface area contributed by atoms with Gasteiger partial charge in [-0.15, -0.1) is 24.0 Å². The second-order valence-electron chi connectivity index (χ2n) is 5.46. The Labute approximate surface area is 160 Å². The van der Waals surface area contributed by atoms with Gasteiger partial charge in [-0.2, -0.15) is 11.3 Å². The SMILES string of the molecule is CCNC(=NCC(C)(O)c1ccsc1)NCCCCCOC.I. The highest BCUT2D eigenvalue weighted by atomic mass is 127. The van der Waals surface area contributed by atoms with Crippen molar-refractivity contribution in [2.24, 2.45) is 4.99 Å². The van der Waals surface area contributed by atoms with Crippen LogP contribution in [0.1, 0.15) is 38.7 Å². The molecule has 0 aliphatic heterocycles. The van der Waals surface area contributed by atoms with Crippen molar-refractivity contribution in [3.05, 3.63) is 22.4 Å². The fourth-order valence-electron chi connectivity index (χ4n) is 1.99. The number of nitrogens with zero attached hydrogens (tertiary/aromatic N) is 1. The molecule has 3 N–H and O–H groups in total. The Bertz CT molecular complexity index is 425. The lowest BCUT2D eigenvalue weighted by molar-refractivity contribution is 0.0677. The van der Waals surface area contributed by atoms with Crippen LogP contribution >= 0.6 is 35.3 Å². The van der Waals surface area contributed by atoms with Crippen LogP contribution in [-0.4, -0.2) is 44.4 Å². The van der Waals surface area contributed by atoms with Gasteiger partial charge in [0.2, 0.25) is 0 Å². The van der Waals surface area contributed by atoms with Crippen LogP contribution in [0.25, 0.3) is 0 Å². The zero-order valence-corrected chi connectivity index (χ0v) is 17.4. The molecule has 0 bridgehead atoms. The summed E-state index contributed by atoms with van der Waals surface area (Å²) in [6.45, 7) is 6.66. The van der Waals surface area contributed by atoms with E-state index in [9.17, 15) is 5.11 Å². The second kappa shape index (κ2) is 13.0. The number of aliphatic imine (C=N–C) groups is 1. The van der Waals surface area contributed by atoms with Gasteiger partial charge >= 0.3 is 0 Å². The number of unbranched alkanes of at least 4 members (excludes halogenated alkanes) is 2. The average molecular weight is 455 g/mol. The van der Waals surface area contributed by atoms with Crippen LogP contribution in [-0.2, 0) is 10.3 Å². The molecule has 7 heteroatoms. The first kappa shape index (κ1) is 22.6. The molecular formula is C16H30IN3O2S. The summed E-state index contributed by atoms with van der Waals surface area (Å²) in [4.78, 5) is 4.50. The highest BCUT2D eigenvalue weighted by Crippen LogP contribution is 2.23. The van der Waals surface area contributed by atoms with E-state index in [2.05, 4.69) is 15.6 Å². The highest BCUT2D eigenvalue weighted by Gasteiger charge is 2.23. The molecule has 0 saturated carbocycles. The maximum atomic E-state index is 10.5. The third-order valence-corrected chi connectivity index (χ3v) is 4.03. The van der Waals surface area contributed by atoms with E-state index in [4.69, 9.17) is 4.74 Å². The minimum absolute atomic E-state index is 0. The Morgan fingerprint density at radius 3 is 2.74 bits per heavy atom. The summed E-state index contributed by atoms with van der Waals surface area (Å²) in [6, 6.07) is 1.94. The first-order valence-electron chi connectivity index (χ1n) is 7.86. The van der Waals surface area contributed by atoms with Gasteiger partial charge in [0, 0.05) is 26.8 Å². The summed E-state index contributed by atoms with van der Waals surface area (Å²) in [5.74, 6) is 0.754. The van der Waals surface area contributed by atoms with Crippen molar-refractivity contribution in [2.45, 2.75) is 38.7 Å². The van der Waals surface area contributed by atoms with E-state index in [0.29, 0.717) is 6.54 Å². The van der Waals surface area contributed by atoms with Crippen molar-refractivity contribution in [3.63, 3.8) is 0 Å². The van der Waals surface area contributed by atoms with E-state index in [0.717, 1.165) is 50.5 Å². The number of thiophene rings is 1. The first-order valence-corrected chi connectivity index (χ1v) is 8.80. The normalized spacial score (nSPS) is 14.0. The smallest absolute Gasteiger partial charge is 0.191 e. The monoisotopic (exact) mass is 455 g/mol. The predicted octanol–water partition coefficient (Wildman–Crippen LogP) is 2.95. The number of ether oxygens (including phenoxy) is 1. The summed E-state index contributed by atoms with van der Waals surface area (Å²) in [5.41, 5.74) is -0.0162. The van der Waals surface area contributed by atoms with Crippen LogP contribution in [0.15, 0.2) is 21.8 Å². The Hall–Kier alpha value is -0.380. The number of hydrogen-bond acceptors (Lipinski definition) is 4. The van der Waals surface area contributed by atoms with Crippen molar-refractivity contribution in [1.29, 1.82) is 0 Å². The van der Waals surface area contributed by atoms with Crippen molar-refractivity contribution < 1.29 is 9.84 Å². The molecule has 1 heterocycles. The molecule has 0 fully saturated rings. The molecule has 0 radical (unpaired) electrons. The topological polar surface area (TPSA) is 65.9 Å². The van der Waals surface area contributed by atoms with Gasteiger partial charge in [0.25, 0.3) is 0 Å². The molecule has 5 nitrogen and oxygen atoms in total. The lowest BCUT2D eigenvalue weighted by atomic mass is 10.00. The van der Waals surface area contributed by atoms with Gasteiger partial charge in [0.05, 0.1) is 6.54 Å². The predicted molar refractivity (Wildman–Crippen MR) is 109 cm³/mol. The molecule has 134 valence electrons. The van der Waals surface area contributed by atoms with E-state index >= 15 is 0 Å². The lowest BCUT2D eigenvalue weighted by Gasteiger charge is -2.21.